The second-order valence-electron chi connectivity index (χ2n) is 32.4. The molecule has 3 fully saturated rings. The molecule has 0 aromatic rings. The fraction of sp³-hybridized carbons (Fsp3) is 0.781. The molecule has 0 radical (unpaired) electrons. The minimum atomic E-state index is -1.99. The van der Waals surface area contributed by atoms with Crippen molar-refractivity contribution in [3.05, 3.63) is 122 Å². The zero-order chi connectivity index (χ0) is 83.1. The summed E-state index contributed by atoms with van der Waals surface area (Å²) in [6.07, 6.45) is 79.1. The number of hydrogen-bond donors (Lipinski definition) is 12. The van der Waals surface area contributed by atoms with Gasteiger partial charge in [-0.1, -0.05) is 373 Å². The molecule has 3 rings (SSSR count). The molecule has 3 saturated heterocycles. The molecule has 115 heavy (non-hydrogen) atoms. The van der Waals surface area contributed by atoms with E-state index in [1.807, 2.05) is 6.08 Å². The minimum absolute atomic E-state index is 0.229. The highest BCUT2D eigenvalue weighted by molar-refractivity contribution is 5.76. The highest BCUT2D eigenvalue weighted by atomic mass is 16.8. The van der Waals surface area contributed by atoms with Gasteiger partial charge in [-0.05, 0) is 89.9 Å². The summed E-state index contributed by atoms with van der Waals surface area (Å²) in [5.74, 6) is -0.282. The lowest BCUT2D eigenvalue weighted by Gasteiger charge is -2.48. The van der Waals surface area contributed by atoms with Crippen LogP contribution in [0.2, 0.25) is 0 Å². The third-order valence-corrected chi connectivity index (χ3v) is 22.3. The summed E-state index contributed by atoms with van der Waals surface area (Å²) in [6.45, 7) is 1.65. The van der Waals surface area contributed by atoms with Crippen LogP contribution in [-0.2, 0) is 33.2 Å². The summed E-state index contributed by atoms with van der Waals surface area (Å²) in [5.41, 5.74) is 0. The van der Waals surface area contributed by atoms with E-state index in [4.69, 9.17) is 28.4 Å². The van der Waals surface area contributed by atoms with Crippen molar-refractivity contribution in [3.63, 3.8) is 0 Å². The molecule has 17 unspecified atom stereocenters. The number of ether oxygens (including phenoxy) is 6. The zero-order valence-corrected chi connectivity index (χ0v) is 71.7. The van der Waals surface area contributed by atoms with E-state index in [1.54, 1.807) is 6.08 Å². The third kappa shape index (κ3) is 52.2. The maximum atomic E-state index is 13.5. The Bertz CT molecular complexity index is 2550. The number of carbonyl (C=O) groups is 1. The van der Waals surface area contributed by atoms with Crippen LogP contribution in [0.3, 0.4) is 0 Å². The second kappa shape index (κ2) is 74.1. The van der Waals surface area contributed by atoms with Crippen molar-refractivity contribution in [2.75, 3.05) is 26.4 Å². The molecule has 3 aliphatic heterocycles. The van der Waals surface area contributed by atoms with E-state index in [9.17, 15) is 61.0 Å². The van der Waals surface area contributed by atoms with Crippen molar-refractivity contribution >= 4 is 5.91 Å². The van der Waals surface area contributed by atoms with Gasteiger partial charge in [0.1, 0.15) is 73.2 Å². The highest BCUT2D eigenvalue weighted by Crippen LogP contribution is 2.34. The van der Waals surface area contributed by atoms with Crippen LogP contribution in [0, 0.1) is 0 Å². The molecule has 19 heteroatoms. The largest absolute Gasteiger partial charge is 0.394 e. The van der Waals surface area contributed by atoms with Gasteiger partial charge in [-0.2, -0.15) is 0 Å². The molecule has 0 aromatic heterocycles. The van der Waals surface area contributed by atoms with E-state index in [0.717, 1.165) is 116 Å². The standard InChI is InChI=1S/C96H167NO18/c1-3-5-7-9-11-13-15-17-19-21-23-25-27-29-31-33-35-37-38-39-40-42-44-46-48-50-52-54-56-58-60-62-64-66-68-70-72-74-84(102)97-79(80(101)73-71-69-67-65-63-61-59-57-55-53-51-49-47-45-43-41-36-34-32-30-28-26-24-22-20-18-16-14-12-10-8-6-4-2)78-110-94-90(108)87(105)92(82(76-99)112-94)115-96-91(109)88(106)93(83(77-100)113-96)114-95-89(107)86(104)85(103)81(75-98)111-95/h5,7,11,13,17,19,23,25,29,31,35,37,39-40,44,46,50,52,71,73,79-83,85-96,98-101,103-109H,3-4,6,8-10,12,14-16,18,20-22,24,26-28,30,32-34,36,38,41-43,45,47-49,51,53-70,72,74-78H2,1-2H3,(H,97,102)/b7-5-,13-11-,19-17-,25-23-,31-29-,37-35-,40-39-,46-44-,52-50-,73-71+. The van der Waals surface area contributed by atoms with Crippen LogP contribution in [0.15, 0.2) is 122 Å². The van der Waals surface area contributed by atoms with E-state index in [1.165, 1.54) is 205 Å². The molecule has 0 aliphatic carbocycles. The number of unbranched alkanes of at least 4 members (excludes halogenated alkanes) is 40. The zero-order valence-electron chi connectivity index (χ0n) is 71.7. The first-order valence-corrected chi connectivity index (χ1v) is 46.3. The Kier molecular flexibility index (Phi) is 67.9. The predicted molar refractivity (Wildman–Crippen MR) is 466 cm³/mol. The summed E-state index contributed by atoms with van der Waals surface area (Å²) in [4.78, 5) is 13.5. The quantitative estimate of drug-likeness (QED) is 0.0199. The third-order valence-electron chi connectivity index (χ3n) is 22.3. The average Bonchev–Trinajstić information content (AvgIpc) is 0.779. The van der Waals surface area contributed by atoms with Crippen molar-refractivity contribution in [2.24, 2.45) is 0 Å². The molecular weight excluding hydrogens is 1460 g/mol. The number of aliphatic hydroxyl groups excluding tert-OH is 11. The van der Waals surface area contributed by atoms with Crippen LogP contribution in [0.5, 0.6) is 0 Å². The average molecular weight is 1620 g/mol. The van der Waals surface area contributed by atoms with Crippen molar-refractivity contribution in [1.29, 1.82) is 0 Å². The molecule has 19 nitrogen and oxygen atoms in total. The van der Waals surface area contributed by atoms with E-state index in [-0.39, 0.29) is 18.9 Å². The molecule has 0 aromatic carbocycles. The van der Waals surface area contributed by atoms with E-state index < -0.39 is 124 Å². The number of amides is 1. The molecule has 12 N–H and O–H groups in total. The van der Waals surface area contributed by atoms with Gasteiger partial charge in [-0.15, -0.1) is 0 Å². The normalized spacial score (nSPS) is 25.2. The van der Waals surface area contributed by atoms with Crippen LogP contribution in [0.1, 0.15) is 348 Å². The Labute approximate surface area is 697 Å². The number of rotatable bonds is 74. The lowest BCUT2D eigenvalue weighted by atomic mass is 9.96. The van der Waals surface area contributed by atoms with Gasteiger partial charge in [-0.3, -0.25) is 4.79 Å². The number of allylic oxidation sites excluding steroid dienone is 19. The number of nitrogens with one attached hydrogen (secondary N) is 1. The molecule has 3 heterocycles. The van der Waals surface area contributed by atoms with Crippen LogP contribution < -0.4 is 5.32 Å². The first kappa shape index (κ1) is 105. The topological polar surface area (TPSA) is 307 Å². The minimum Gasteiger partial charge on any atom is -0.394 e. The van der Waals surface area contributed by atoms with E-state index >= 15 is 0 Å². The lowest BCUT2D eigenvalue weighted by molar-refractivity contribution is -0.379. The van der Waals surface area contributed by atoms with Crippen molar-refractivity contribution in [3.8, 4) is 0 Å². The molecule has 0 saturated carbocycles. The lowest BCUT2D eigenvalue weighted by Crippen LogP contribution is -2.66. The number of hydrogen-bond acceptors (Lipinski definition) is 18. The fourth-order valence-electron chi connectivity index (χ4n) is 15.0. The molecule has 17 atom stereocenters. The maximum Gasteiger partial charge on any atom is 0.220 e. The Morgan fingerprint density at radius 3 is 0.939 bits per heavy atom. The van der Waals surface area contributed by atoms with Gasteiger partial charge < -0.3 is 89.9 Å². The van der Waals surface area contributed by atoms with Gasteiger partial charge in [0, 0.05) is 6.42 Å². The predicted octanol–water partition coefficient (Wildman–Crippen LogP) is 18.2. The summed E-state index contributed by atoms with van der Waals surface area (Å²) >= 11 is 0. The van der Waals surface area contributed by atoms with Crippen LogP contribution >= 0.6 is 0 Å². The molecule has 0 spiro atoms. The van der Waals surface area contributed by atoms with Gasteiger partial charge >= 0.3 is 0 Å². The van der Waals surface area contributed by atoms with Crippen LogP contribution in [0.4, 0.5) is 0 Å². The second-order valence-corrected chi connectivity index (χ2v) is 32.4. The Hall–Kier alpha value is -3.81. The van der Waals surface area contributed by atoms with Crippen LogP contribution in [0.25, 0.3) is 0 Å². The molecule has 1 amide bonds. The Morgan fingerprint density at radius 2 is 0.600 bits per heavy atom. The van der Waals surface area contributed by atoms with Crippen LogP contribution in [-0.4, -0.2) is 193 Å². The highest BCUT2D eigenvalue weighted by Gasteiger charge is 2.54. The monoisotopic (exact) mass is 1620 g/mol. The number of carbonyl (C=O) groups excluding carboxylic acids is 1. The Balaban J connectivity index is 1.33. The number of aliphatic hydroxyl groups is 11. The summed E-state index contributed by atoms with van der Waals surface area (Å²) < 4.78 is 34.5. The molecule has 3 aliphatic rings. The maximum absolute atomic E-state index is 13.5. The van der Waals surface area contributed by atoms with Gasteiger partial charge in [0.15, 0.2) is 18.9 Å². The van der Waals surface area contributed by atoms with Crippen molar-refractivity contribution < 1.29 is 89.4 Å². The first-order valence-electron chi connectivity index (χ1n) is 46.3. The van der Waals surface area contributed by atoms with Crippen molar-refractivity contribution in [1.82, 2.24) is 5.32 Å². The molecular formula is C96H167NO18. The fourth-order valence-corrected chi connectivity index (χ4v) is 15.0. The first-order chi connectivity index (χ1) is 56.3. The smallest absolute Gasteiger partial charge is 0.220 e. The molecule has 664 valence electrons. The van der Waals surface area contributed by atoms with Crippen molar-refractivity contribution in [2.45, 2.75) is 452 Å². The summed E-state index contributed by atoms with van der Waals surface area (Å²) in [5, 5.41) is 121. The van der Waals surface area contributed by atoms with Gasteiger partial charge in [-0.25, -0.2) is 0 Å². The SMILES string of the molecule is CC/C=C\C/C=C\C/C=C\C/C=C\C/C=C\C/C=C\C/C=C\C/C=C\C/C=C\CCCCCCCCCCCC(=O)NC(COC1OC(CO)C(OC2OC(CO)C(OC3OC(CO)C(O)C(O)C3O)C(O)C2O)C(O)C1O)C(O)/C=C/CCCCCCCCCCCCCCCCCCCCCCCCCCCCCCCCC. The summed E-state index contributed by atoms with van der Waals surface area (Å²) in [7, 11) is 0. The Morgan fingerprint density at radius 1 is 0.322 bits per heavy atom. The van der Waals surface area contributed by atoms with Gasteiger partial charge in [0.25, 0.3) is 0 Å². The van der Waals surface area contributed by atoms with Gasteiger partial charge in [0.2, 0.25) is 5.91 Å². The van der Waals surface area contributed by atoms with E-state index in [0.29, 0.717) is 6.42 Å². The van der Waals surface area contributed by atoms with Gasteiger partial charge in [0.05, 0.1) is 38.6 Å². The van der Waals surface area contributed by atoms with E-state index in [2.05, 4.69) is 129 Å². The molecule has 0 bridgehead atoms. The summed E-state index contributed by atoms with van der Waals surface area (Å²) in [6, 6.07) is -0.988.